The van der Waals surface area contributed by atoms with Crippen LogP contribution in [0.3, 0.4) is 0 Å². The van der Waals surface area contributed by atoms with E-state index in [0.29, 0.717) is 13.1 Å². The van der Waals surface area contributed by atoms with Crippen LogP contribution in [0.1, 0.15) is 19.8 Å². The topological polar surface area (TPSA) is 40.6 Å². The number of thioether (sulfide) groups is 1. The number of nitrogens with zero attached hydrogens (tertiary/aromatic N) is 2. The average molecular weight is 433 g/mol. The Labute approximate surface area is 180 Å². The van der Waals surface area contributed by atoms with Gasteiger partial charge in [-0.15, -0.1) is 11.8 Å². The van der Waals surface area contributed by atoms with Gasteiger partial charge in [0.25, 0.3) is 0 Å². The summed E-state index contributed by atoms with van der Waals surface area (Å²) in [6.07, 6.45) is 17.5. The Balaban J connectivity index is 2.14. The summed E-state index contributed by atoms with van der Waals surface area (Å²) < 4.78 is 27.8. The highest BCUT2D eigenvalue weighted by Gasteiger charge is 2.45. The van der Waals surface area contributed by atoms with Crippen LogP contribution in [0.2, 0.25) is 0 Å². The lowest BCUT2D eigenvalue weighted by molar-refractivity contribution is 0.143. The lowest BCUT2D eigenvalue weighted by Gasteiger charge is -2.44. The van der Waals surface area contributed by atoms with Crippen molar-refractivity contribution in [2.75, 3.05) is 31.9 Å². The molecular weight excluding hydrogens is 400 g/mol. The molecule has 0 atom stereocenters. The Morgan fingerprint density at radius 1 is 1.07 bits per heavy atom. The van der Waals surface area contributed by atoms with E-state index in [1.807, 2.05) is 36.9 Å². The van der Waals surface area contributed by atoms with Crippen LogP contribution in [0, 0.1) is 0 Å². The Hall–Kier alpha value is -1.60. The molecule has 0 bridgehead atoms. The van der Waals surface area contributed by atoms with Gasteiger partial charge in [-0.2, -0.15) is 4.31 Å². The monoisotopic (exact) mass is 432 g/mol. The fourth-order valence-electron chi connectivity index (χ4n) is 3.68. The highest BCUT2D eigenvalue weighted by molar-refractivity contribution is 8.00. The molecule has 0 aliphatic carbocycles. The van der Waals surface area contributed by atoms with E-state index in [4.69, 9.17) is 0 Å². The molecule has 0 aromatic carbocycles. The van der Waals surface area contributed by atoms with Gasteiger partial charge >= 0.3 is 0 Å². The van der Waals surface area contributed by atoms with Crippen molar-refractivity contribution in [3.05, 3.63) is 84.9 Å². The summed E-state index contributed by atoms with van der Waals surface area (Å²) in [7, 11) is -3.54. The molecule has 0 unspecified atom stereocenters. The standard InChI is InChI=1S/C23H32N2O2S2/c1-5-9-12-21(8-4)20-24-18-19-28-23(24)14-16-25(17-15-23)29(26,27)22(11-7-3)13-10-6-2/h5-13H,2-4,14-20H2,1H3/b9-5-,13-10-,21-12+,22-11+. The lowest BCUT2D eigenvalue weighted by Crippen LogP contribution is -2.52. The van der Waals surface area contributed by atoms with E-state index < -0.39 is 10.0 Å². The van der Waals surface area contributed by atoms with E-state index in [1.54, 1.807) is 28.6 Å². The second-order valence-electron chi connectivity index (χ2n) is 6.99. The summed E-state index contributed by atoms with van der Waals surface area (Å²) >= 11 is 1.96. The van der Waals surface area contributed by atoms with Crippen molar-refractivity contribution in [3.8, 4) is 0 Å². The number of rotatable bonds is 9. The zero-order chi connectivity index (χ0) is 21.3. The summed E-state index contributed by atoms with van der Waals surface area (Å²) in [4.78, 5) is 2.75. The molecule has 0 radical (unpaired) electrons. The molecule has 2 aliphatic rings. The molecule has 1 spiro atoms. The molecule has 6 heteroatoms. The summed E-state index contributed by atoms with van der Waals surface area (Å²) in [6.45, 7) is 16.1. The first kappa shape index (κ1) is 23.7. The van der Waals surface area contributed by atoms with Crippen LogP contribution >= 0.6 is 11.8 Å². The molecule has 2 heterocycles. The van der Waals surface area contributed by atoms with Gasteiger partial charge in [0, 0.05) is 31.9 Å². The molecular formula is C23H32N2O2S2. The molecule has 4 nitrogen and oxygen atoms in total. The zero-order valence-electron chi connectivity index (χ0n) is 17.3. The summed E-state index contributed by atoms with van der Waals surface area (Å²) in [6, 6.07) is 0. The second-order valence-corrected chi connectivity index (χ2v) is 10.4. The van der Waals surface area contributed by atoms with Crippen molar-refractivity contribution in [1.29, 1.82) is 0 Å². The Kier molecular flexibility index (Phi) is 8.96. The third kappa shape index (κ3) is 5.72. The quantitative estimate of drug-likeness (QED) is 0.497. The van der Waals surface area contributed by atoms with Crippen LogP contribution in [0.5, 0.6) is 0 Å². The number of hydrogen-bond acceptors (Lipinski definition) is 4. The van der Waals surface area contributed by atoms with Gasteiger partial charge in [0.2, 0.25) is 10.0 Å². The molecule has 2 saturated heterocycles. The van der Waals surface area contributed by atoms with Crippen molar-refractivity contribution in [1.82, 2.24) is 9.21 Å². The van der Waals surface area contributed by atoms with Crippen LogP contribution in [-0.4, -0.2) is 54.4 Å². The largest absolute Gasteiger partial charge is 0.284 e. The Bertz CT molecular complexity index is 827. The van der Waals surface area contributed by atoms with Crippen LogP contribution < -0.4 is 0 Å². The minimum absolute atomic E-state index is 0.00329. The molecule has 158 valence electrons. The third-order valence-corrected chi connectivity index (χ3v) is 8.77. The molecule has 0 N–H and O–H groups in total. The fraction of sp³-hybridized carbons (Fsp3) is 0.391. The summed E-state index contributed by atoms with van der Waals surface area (Å²) in [5, 5.41) is 0. The van der Waals surface area contributed by atoms with Crippen molar-refractivity contribution >= 4 is 21.8 Å². The van der Waals surface area contributed by atoms with Crippen molar-refractivity contribution in [2.24, 2.45) is 0 Å². The fourth-order valence-corrected chi connectivity index (χ4v) is 6.66. The maximum Gasteiger partial charge on any atom is 0.243 e. The van der Waals surface area contributed by atoms with Crippen molar-refractivity contribution in [2.45, 2.75) is 24.6 Å². The minimum Gasteiger partial charge on any atom is -0.284 e. The number of sulfonamides is 1. The van der Waals surface area contributed by atoms with Crippen LogP contribution in [0.4, 0.5) is 0 Å². The van der Waals surface area contributed by atoms with E-state index in [9.17, 15) is 8.42 Å². The molecule has 0 aromatic rings. The van der Waals surface area contributed by atoms with Gasteiger partial charge in [0.05, 0.1) is 9.78 Å². The van der Waals surface area contributed by atoms with Gasteiger partial charge < -0.3 is 0 Å². The van der Waals surface area contributed by atoms with Gasteiger partial charge in [-0.3, -0.25) is 4.90 Å². The first-order chi connectivity index (χ1) is 13.9. The van der Waals surface area contributed by atoms with Gasteiger partial charge in [-0.05, 0) is 37.5 Å². The highest BCUT2D eigenvalue weighted by Crippen LogP contribution is 2.44. The van der Waals surface area contributed by atoms with Gasteiger partial charge in [0.15, 0.2) is 0 Å². The second kappa shape index (κ2) is 11.0. The van der Waals surface area contributed by atoms with Crippen LogP contribution in [0.25, 0.3) is 0 Å². The number of allylic oxidation sites excluding steroid dienone is 8. The zero-order valence-corrected chi connectivity index (χ0v) is 18.9. The van der Waals surface area contributed by atoms with E-state index in [2.05, 4.69) is 30.7 Å². The van der Waals surface area contributed by atoms with E-state index in [0.717, 1.165) is 31.7 Å². The van der Waals surface area contributed by atoms with E-state index in [-0.39, 0.29) is 9.78 Å². The summed E-state index contributed by atoms with van der Waals surface area (Å²) in [5.74, 6) is 1.07. The highest BCUT2D eigenvalue weighted by atomic mass is 32.2. The van der Waals surface area contributed by atoms with Crippen molar-refractivity contribution in [3.63, 3.8) is 0 Å². The van der Waals surface area contributed by atoms with E-state index in [1.165, 1.54) is 11.6 Å². The smallest absolute Gasteiger partial charge is 0.243 e. The van der Waals surface area contributed by atoms with Crippen LogP contribution in [0.15, 0.2) is 84.9 Å². The number of hydrogen-bond donors (Lipinski definition) is 0. The maximum absolute atomic E-state index is 13.1. The maximum atomic E-state index is 13.1. The van der Waals surface area contributed by atoms with Crippen LogP contribution in [-0.2, 0) is 10.0 Å². The average Bonchev–Trinajstić information content (AvgIpc) is 3.09. The molecule has 2 aliphatic heterocycles. The molecule has 0 amide bonds. The SMILES string of the molecule is C=C/C=C\C(=C/C=C)S(=O)(=O)N1CCC2(CC1)SCCN2C/C(C=C)=C/C=C\C. The Morgan fingerprint density at radius 3 is 2.38 bits per heavy atom. The molecule has 2 fully saturated rings. The van der Waals surface area contributed by atoms with Gasteiger partial charge in [-0.1, -0.05) is 62.3 Å². The van der Waals surface area contributed by atoms with Gasteiger partial charge in [0.1, 0.15) is 0 Å². The first-order valence-corrected chi connectivity index (χ1v) is 12.3. The lowest BCUT2D eigenvalue weighted by atomic mass is 10.0. The molecule has 29 heavy (non-hydrogen) atoms. The minimum atomic E-state index is -3.54. The predicted octanol–water partition coefficient (Wildman–Crippen LogP) is 4.66. The molecule has 0 aromatic heterocycles. The number of piperidine rings is 1. The first-order valence-electron chi connectivity index (χ1n) is 9.89. The Morgan fingerprint density at radius 2 is 1.79 bits per heavy atom. The van der Waals surface area contributed by atoms with E-state index >= 15 is 0 Å². The van der Waals surface area contributed by atoms with Gasteiger partial charge in [-0.25, -0.2) is 8.42 Å². The summed E-state index contributed by atoms with van der Waals surface area (Å²) in [5.41, 5.74) is 1.19. The third-order valence-electron chi connectivity index (χ3n) is 5.27. The molecule has 2 rings (SSSR count). The normalized spacial score (nSPS) is 22.0. The molecule has 0 saturated carbocycles. The predicted molar refractivity (Wildman–Crippen MR) is 127 cm³/mol. The van der Waals surface area contributed by atoms with Crippen molar-refractivity contribution < 1.29 is 8.42 Å².